The minimum absolute atomic E-state index is 0.175. The minimum atomic E-state index is -0.536. The van der Waals surface area contributed by atoms with Crippen molar-refractivity contribution >= 4 is 5.78 Å². The summed E-state index contributed by atoms with van der Waals surface area (Å²) in [6.07, 6.45) is 2.40. The standard InChI is InChI=1S/C12H22O2/c1-8(2)12(14)6-5-11(10(4)13)9(3)7-12/h8-9,11,14H,5-7H2,1-4H3. The van der Waals surface area contributed by atoms with Crippen LogP contribution in [-0.2, 0) is 4.79 Å². The average molecular weight is 198 g/mol. The molecule has 1 saturated carbocycles. The van der Waals surface area contributed by atoms with Gasteiger partial charge in [0, 0.05) is 5.92 Å². The first-order valence-corrected chi connectivity index (χ1v) is 5.59. The molecule has 82 valence electrons. The monoisotopic (exact) mass is 198 g/mol. The molecule has 1 aliphatic carbocycles. The largest absolute Gasteiger partial charge is 0.390 e. The SMILES string of the molecule is CC(=O)C1CCC(O)(C(C)C)CC1C. The van der Waals surface area contributed by atoms with E-state index in [9.17, 15) is 9.90 Å². The fourth-order valence-corrected chi connectivity index (χ4v) is 2.62. The zero-order chi connectivity index (χ0) is 10.9. The summed E-state index contributed by atoms with van der Waals surface area (Å²) < 4.78 is 0. The molecule has 3 unspecified atom stereocenters. The van der Waals surface area contributed by atoms with E-state index in [0.29, 0.717) is 5.92 Å². The van der Waals surface area contributed by atoms with Crippen LogP contribution in [0.5, 0.6) is 0 Å². The van der Waals surface area contributed by atoms with Crippen molar-refractivity contribution in [2.75, 3.05) is 0 Å². The Bertz CT molecular complexity index is 222. The highest BCUT2D eigenvalue weighted by molar-refractivity contribution is 5.78. The lowest BCUT2D eigenvalue weighted by Crippen LogP contribution is -2.43. The van der Waals surface area contributed by atoms with E-state index in [4.69, 9.17) is 0 Å². The maximum Gasteiger partial charge on any atom is 0.133 e. The van der Waals surface area contributed by atoms with Gasteiger partial charge in [0.2, 0.25) is 0 Å². The van der Waals surface area contributed by atoms with Gasteiger partial charge in [-0.05, 0) is 38.0 Å². The van der Waals surface area contributed by atoms with E-state index >= 15 is 0 Å². The van der Waals surface area contributed by atoms with Gasteiger partial charge in [-0.25, -0.2) is 0 Å². The number of ketones is 1. The molecule has 0 saturated heterocycles. The van der Waals surface area contributed by atoms with Crippen LogP contribution in [-0.4, -0.2) is 16.5 Å². The topological polar surface area (TPSA) is 37.3 Å². The highest BCUT2D eigenvalue weighted by atomic mass is 16.3. The molecule has 0 radical (unpaired) electrons. The Hall–Kier alpha value is -0.370. The lowest BCUT2D eigenvalue weighted by Gasteiger charge is -2.42. The van der Waals surface area contributed by atoms with Gasteiger partial charge in [0.15, 0.2) is 0 Å². The Balaban J connectivity index is 2.67. The predicted molar refractivity (Wildman–Crippen MR) is 57.0 cm³/mol. The van der Waals surface area contributed by atoms with Crippen LogP contribution in [0, 0.1) is 17.8 Å². The molecule has 0 bridgehead atoms. The molecule has 1 fully saturated rings. The molecule has 0 aromatic carbocycles. The second kappa shape index (κ2) is 4.01. The predicted octanol–water partition coefficient (Wildman–Crippen LogP) is 2.40. The number of carbonyl (C=O) groups excluding carboxylic acids is 1. The molecule has 1 N–H and O–H groups in total. The number of aliphatic hydroxyl groups is 1. The Morgan fingerprint density at radius 2 is 2.07 bits per heavy atom. The fourth-order valence-electron chi connectivity index (χ4n) is 2.62. The van der Waals surface area contributed by atoms with Crippen molar-refractivity contribution < 1.29 is 9.90 Å². The Morgan fingerprint density at radius 3 is 2.43 bits per heavy atom. The van der Waals surface area contributed by atoms with Crippen LogP contribution in [0.1, 0.15) is 47.0 Å². The van der Waals surface area contributed by atoms with E-state index in [1.165, 1.54) is 0 Å². The van der Waals surface area contributed by atoms with Crippen LogP contribution >= 0.6 is 0 Å². The van der Waals surface area contributed by atoms with Gasteiger partial charge in [-0.1, -0.05) is 20.8 Å². The third kappa shape index (κ3) is 2.17. The van der Waals surface area contributed by atoms with Crippen molar-refractivity contribution in [2.24, 2.45) is 17.8 Å². The molecule has 14 heavy (non-hydrogen) atoms. The van der Waals surface area contributed by atoms with Crippen LogP contribution in [0.4, 0.5) is 0 Å². The number of carbonyl (C=O) groups is 1. The lowest BCUT2D eigenvalue weighted by atomic mass is 9.67. The Kier molecular flexibility index (Phi) is 3.36. The Labute approximate surface area is 86.7 Å². The van der Waals surface area contributed by atoms with Gasteiger partial charge in [0.05, 0.1) is 5.60 Å². The number of rotatable bonds is 2. The van der Waals surface area contributed by atoms with Gasteiger partial charge in [0.1, 0.15) is 5.78 Å². The molecule has 0 heterocycles. The molecule has 1 aliphatic rings. The van der Waals surface area contributed by atoms with Crippen molar-refractivity contribution in [3.8, 4) is 0 Å². The molecule has 0 amide bonds. The van der Waals surface area contributed by atoms with Crippen LogP contribution in [0.3, 0.4) is 0 Å². The van der Waals surface area contributed by atoms with E-state index in [0.717, 1.165) is 19.3 Å². The molecule has 3 atom stereocenters. The zero-order valence-electron chi connectivity index (χ0n) is 9.71. The third-order valence-corrected chi connectivity index (χ3v) is 3.85. The van der Waals surface area contributed by atoms with Crippen molar-refractivity contribution in [2.45, 2.75) is 52.6 Å². The molecule has 1 rings (SSSR count). The summed E-state index contributed by atoms with van der Waals surface area (Å²) in [4.78, 5) is 11.3. The smallest absolute Gasteiger partial charge is 0.133 e. The maximum absolute atomic E-state index is 11.3. The summed E-state index contributed by atoms with van der Waals surface area (Å²) in [6, 6.07) is 0. The summed E-state index contributed by atoms with van der Waals surface area (Å²) >= 11 is 0. The summed E-state index contributed by atoms with van der Waals surface area (Å²) in [7, 11) is 0. The molecule has 2 heteroatoms. The van der Waals surface area contributed by atoms with Gasteiger partial charge in [0.25, 0.3) is 0 Å². The third-order valence-electron chi connectivity index (χ3n) is 3.85. The number of hydrogen-bond donors (Lipinski definition) is 1. The van der Waals surface area contributed by atoms with Gasteiger partial charge < -0.3 is 5.11 Å². The highest BCUT2D eigenvalue weighted by Crippen LogP contribution is 2.40. The lowest BCUT2D eigenvalue weighted by molar-refractivity contribution is -0.128. The summed E-state index contributed by atoms with van der Waals surface area (Å²) in [5.41, 5.74) is -0.536. The van der Waals surface area contributed by atoms with E-state index in [1.807, 2.05) is 0 Å². The maximum atomic E-state index is 11.3. The molecule has 0 aromatic heterocycles. The quantitative estimate of drug-likeness (QED) is 0.739. The van der Waals surface area contributed by atoms with Crippen molar-refractivity contribution in [1.29, 1.82) is 0 Å². The van der Waals surface area contributed by atoms with E-state index in [-0.39, 0.29) is 17.6 Å². The normalized spacial score (nSPS) is 38.7. The van der Waals surface area contributed by atoms with Crippen LogP contribution in [0.15, 0.2) is 0 Å². The molecule has 0 spiro atoms. The first-order valence-electron chi connectivity index (χ1n) is 5.59. The summed E-state index contributed by atoms with van der Waals surface area (Å²) in [6.45, 7) is 7.86. The average Bonchev–Trinajstić information content (AvgIpc) is 2.02. The van der Waals surface area contributed by atoms with Crippen molar-refractivity contribution in [3.05, 3.63) is 0 Å². The zero-order valence-corrected chi connectivity index (χ0v) is 9.71. The highest BCUT2D eigenvalue weighted by Gasteiger charge is 2.40. The van der Waals surface area contributed by atoms with Gasteiger partial charge in [-0.15, -0.1) is 0 Å². The van der Waals surface area contributed by atoms with Crippen LogP contribution < -0.4 is 0 Å². The van der Waals surface area contributed by atoms with E-state index < -0.39 is 5.60 Å². The van der Waals surface area contributed by atoms with Crippen molar-refractivity contribution in [1.82, 2.24) is 0 Å². The second-order valence-corrected chi connectivity index (χ2v) is 5.20. The molecular weight excluding hydrogens is 176 g/mol. The molecule has 0 aromatic rings. The second-order valence-electron chi connectivity index (χ2n) is 5.20. The fraction of sp³-hybridized carbons (Fsp3) is 0.917. The molecule has 0 aliphatic heterocycles. The molecule has 2 nitrogen and oxygen atoms in total. The van der Waals surface area contributed by atoms with E-state index in [2.05, 4.69) is 20.8 Å². The van der Waals surface area contributed by atoms with Crippen molar-refractivity contribution in [3.63, 3.8) is 0 Å². The van der Waals surface area contributed by atoms with Crippen LogP contribution in [0.25, 0.3) is 0 Å². The van der Waals surface area contributed by atoms with Gasteiger partial charge in [-0.3, -0.25) is 4.79 Å². The Morgan fingerprint density at radius 1 is 1.50 bits per heavy atom. The van der Waals surface area contributed by atoms with Gasteiger partial charge >= 0.3 is 0 Å². The first kappa shape index (κ1) is 11.7. The first-order chi connectivity index (χ1) is 6.37. The minimum Gasteiger partial charge on any atom is -0.390 e. The summed E-state index contributed by atoms with van der Waals surface area (Å²) in [5, 5.41) is 10.3. The van der Waals surface area contributed by atoms with Gasteiger partial charge in [-0.2, -0.15) is 0 Å². The molecular formula is C12H22O2. The summed E-state index contributed by atoms with van der Waals surface area (Å²) in [5.74, 6) is 1.07. The van der Waals surface area contributed by atoms with E-state index in [1.54, 1.807) is 6.92 Å². The number of Topliss-reactive ketones (excluding diaryl/α,β-unsaturated/α-hetero) is 1. The number of hydrogen-bond acceptors (Lipinski definition) is 2. The van der Waals surface area contributed by atoms with Crippen LogP contribution in [0.2, 0.25) is 0 Å².